The number of esters is 1. The summed E-state index contributed by atoms with van der Waals surface area (Å²) < 4.78 is 13.2. The lowest BCUT2D eigenvalue weighted by molar-refractivity contribution is -0.143. The number of halogens is 1. The molecule has 0 N–H and O–H groups in total. The Morgan fingerprint density at radius 2 is 1.71 bits per heavy atom. The monoisotopic (exact) mass is 665 g/mol. The van der Waals surface area contributed by atoms with E-state index in [0.717, 1.165) is 41.8 Å². The van der Waals surface area contributed by atoms with Gasteiger partial charge in [-0.2, -0.15) is 0 Å². The third-order valence-corrected chi connectivity index (χ3v) is 8.50. The molecule has 0 spiro atoms. The molecule has 0 unspecified atom stereocenters. The van der Waals surface area contributed by atoms with Crippen LogP contribution in [0.15, 0.2) is 79.0 Å². The molecule has 4 aromatic rings. The van der Waals surface area contributed by atoms with Crippen LogP contribution in [-0.4, -0.2) is 22.8 Å². The van der Waals surface area contributed by atoms with Crippen LogP contribution in [0.1, 0.15) is 86.1 Å². The Balaban J connectivity index is 1.51. The molecule has 4 rings (SSSR count). The minimum Gasteiger partial charge on any atom is -0.472 e. The van der Waals surface area contributed by atoms with Crippen molar-refractivity contribution in [2.75, 3.05) is 6.61 Å². The zero-order valence-electron chi connectivity index (χ0n) is 24.5. The summed E-state index contributed by atoms with van der Waals surface area (Å²) in [5, 5.41) is 0. The van der Waals surface area contributed by atoms with Crippen molar-refractivity contribution in [2.45, 2.75) is 69.8 Å². The molecular formula is C35H40INO4. The quantitative estimate of drug-likeness (QED) is 0.0585. The molecule has 2 aromatic carbocycles. The number of aromatic nitrogens is 1. The Kier molecular flexibility index (Phi) is 10.6. The van der Waals surface area contributed by atoms with Gasteiger partial charge in [0, 0.05) is 41.4 Å². The maximum absolute atomic E-state index is 13.6. The molecule has 1 atom stereocenters. The summed E-state index contributed by atoms with van der Waals surface area (Å²) in [5.74, 6) is 1.12. The van der Waals surface area contributed by atoms with Gasteiger partial charge in [-0.05, 0) is 103 Å². The number of hydrogen-bond donors (Lipinski definition) is 0. The molecule has 0 radical (unpaired) electrons. The first-order valence-corrected chi connectivity index (χ1v) is 15.7. The number of fused-ring (bicyclic) bond motifs is 1. The van der Waals surface area contributed by atoms with Gasteiger partial charge in [0.25, 0.3) is 0 Å². The van der Waals surface area contributed by atoms with Crippen molar-refractivity contribution in [3.63, 3.8) is 0 Å². The van der Waals surface area contributed by atoms with Crippen LogP contribution in [0, 0.1) is 5.92 Å². The third kappa shape index (κ3) is 7.79. The maximum Gasteiger partial charge on any atom is 0.305 e. The molecule has 0 fully saturated rings. The molecule has 0 bridgehead atoms. The zero-order valence-corrected chi connectivity index (χ0v) is 26.6. The van der Waals surface area contributed by atoms with E-state index < -0.39 is 3.61 Å². The molecule has 2 aromatic heterocycles. The van der Waals surface area contributed by atoms with Gasteiger partial charge < -0.3 is 13.9 Å². The van der Waals surface area contributed by atoms with Crippen molar-refractivity contribution >= 4 is 39.9 Å². The van der Waals surface area contributed by atoms with Gasteiger partial charge in [0.05, 0.1) is 12.1 Å². The van der Waals surface area contributed by atoms with Crippen LogP contribution in [0.3, 0.4) is 0 Å². The third-order valence-electron chi connectivity index (χ3n) is 7.12. The van der Waals surface area contributed by atoms with Crippen molar-refractivity contribution in [3.05, 3.63) is 107 Å². The number of rotatable bonds is 14. The van der Waals surface area contributed by atoms with Crippen LogP contribution in [-0.2, 0) is 26.0 Å². The summed E-state index contributed by atoms with van der Waals surface area (Å²) in [6.45, 7) is 8.83. The number of nitrogens with zero attached hydrogens (tertiary/aromatic N) is 1. The van der Waals surface area contributed by atoms with Crippen molar-refractivity contribution in [1.82, 2.24) is 4.40 Å². The van der Waals surface area contributed by atoms with Gasteiger partial charge in [-0.15, -0.1) is 0 Å². The van der Waals surface area contributed by atoms with Crippen molar-refractivity contribution in [3.8, 4) is 5.75 Å². The minimum atomic E-state index is -0.495. The Bertz CT molecular complexity index is 1460. The Hall–Kier alpha value is -3.13. The van der Waals surface area contributed by atoms with Gasteiger partial charge in [0.15, 0.2) is 9.39 Å². The standard InChI is InChI=1S/C35H40INO4/c1-5-21-35(36,28-17-13-26(14-18-28)23-25(3)4)41-30-19-15-27(16-20-30)34(39)31-24-29(10-9-12-33(38)40-6-2)37-22-8-7-11-32(31)37/h7-8,11,13-20,22,24-25H,5-6,9-10,12,21,23H2,1-4H3/t35-/m0/s1. The molecular weight excluding hydrogens is 625 g/mol. The van der Waals surface area contributed by atoms with Gasteiger partial charge in [-0.1, -0.05) is 57.5 Å². The molecule has 0 aliphatic carbocycles. The highest BCUT2D eigenvalue weighted by molar-refractivity contribution is 14.1. The van der Waals surface area contributed by atoms with E-state index in [1.54, 1.807) is 0 Å². The molecule has 6 heteroatoms. The summed E-state index contributed by atoms with van der Waals surface area (Å²) in [4.78, 5) is 25.4. The van der Waals surface area contributed by atoms with E-state index in [1.807, 2.05) is 66.1 Å². The van der Waals surface area contributed by atoms with Crippen LogP contribution in [0.4, 0.5) is 0 Å². The number of ketones is 1. The number of aryl methyl sites for hydroxylation is 1. The van der Waals surface area contributed by atoms with E-state index in [-0.39, 0.29) is 11.8 Å². The Labute approximate surface area is 257 Å². The fraction of sp³-hybridized carbons (Fsp3) is 0.371. The number of ether oxygens (including phenoxy) is 2. The lowest BCUT2D eigenvalue weighted by Crippen LogP contribution is -2.25. The van der Waals surface area contributed by atoms with Gasteiger partial charge >= 0.3 is 5.97 Å². The van der Waals surface area contributed by atoms with Crippen LogP contribution in [0.5, 0.6) is 5.75 Å². The Morgan fingerprint density at radius 3 is 2.37 bits per heavy atom. The summed E-state index contributed by atoms with van der Waals surface area (Å²) in [6.07, 6.45) is 6.58. The number of benzene rings is 2. The van der Waals surface area contributed by atoms with Crippen LogP contribution in [0.25, 0.3) is 5.52 Å². The highest BCUT2D eigenvalue weighted by atomic mass is 127. The van der Waals surface area contributed by atoms with E-state index in [0.29, 0.717) is 42.9 Å². The number of alkyl halides is 1. The molecule has 0 saturated heterocycles. The molecule has 0 aliphatic heterocycles. The van der Waals surface area contributed by atoms with E-state index >= 15 is 0 Å². The Morgan fingerprint density at radius 1 is 0.976 bits per heavy atom. The fourth-order valence-electron chi connectivity index (χ4n) is 5.20. The normalized spacial score (nSPS) is 12.8. The van der Waals surface area contributed by atoms with Crippen LogP contribution >= 0.6 is 22.6 Å². The second kappa shape index (κ2) is 14.2. The first-order chi connectivity index (χ1) is 19.7. The molecule has 216 valence electrons. The number of carbonyl (C=O) groups is 2. The number of carbonyl (C=O) groups excluding carboxylic acids is 2. The minimum absolute atomic E-state index is 0.0353. The van der Waals surface area contributed by atoms with Gasteiger partial charge in [-0.25, -0.2) is 0 Å². The van der Waals surface area contributed by atoms with Crippen LogP contribution < -0.4 is 4.74 Å². The molecule has 41 heavy (non-hydrogen) atoms. The lowest BCUT2D eigenvalue weighted by Gasteiger charge is -2.29. The van der Waals surface area contributed by atoms with E-state index in [2.05, 4.69) is 67.6 Å². The van der Waals surface area contributed by atoms with Crippen LogP contribution in [0.2, 0.25) is 0 Å². The summed E-state index contributed by atoms with van der Waals surface area (Å²) in [5.41, 5.74) is 5.60. The average molecular weight is 666 g/mol. The molecule has 0 saturated carbocycles. The molecule has 0 amide bonds. The zero-order chi connectivity index (χ0) is 29.4. The second-order valence-electron chi connectivity index (χ2n) is 10.9. The van der Waals surface area contributed by atoms with Crippen molar-refractivity contribution < 1.29 is 19.1 Å². The van der Waals surface area contributed by atoms with Crippen molar-refractivity contribution in [2.24, 2.45) is 5.92 Å². The smallest absolute Gasteiger partial charge is 0.305 e. The topological polar surface area (TPSA) is 57.0 Å². The lowest BCUT2D eigenvalue weighted by atomic mass is 9.98. The SMILES string of the molecule is CCC[C@](I)(Oc1ccc(C(=O)c2cc(CCCC(=O)OCC)n3ccccc23)cc1)c1ccc(CC(C)C)cc1. The van der Waals surface area contributed by atoms with Gasteiger partial charge in [0.1, 0.15) is 5.75 Å². The second-order valence-corrected chi connectivity index (χ2v) is 12.6. The van der Waals surface area contributed by atoms with E-state index in [4.69, 9.17) is 9.47 Å². The van der Waals surface area contributed by atoms with E-state index in [1.165, 1.54) is 5.56 Å². The fourth-order valence-corrected chi connectivity index (χ4v) is 6.35. The van der Waals surface area contributed by atoms with E-state index in [9.17, 15) is 9.59 Å². The highest BCUT2D eigenvalue weighted by Crippen LogP contribution is 2.39. The van der Waals surface area contributed by atoms with Crippen molar-refractivity contribution in [1.29, 1.82) is 0 Å². The number of pyridine rings is 1. The predicted octanol–water partition coefficient (Wildman–Crippen LogP) is 8.72. The van der Waals surface area contributed by atoms with Gasteiger partial charge in [0.2, 0.25) is 0 Å². The average Bonchev–Trinajstić information content (AvgIpc) is 3.32. The molecule has 0 aliphatic rings. The largest absolute Gasteiger partial charge is 0.472 e. The number of hydrogen-bond acceptors (Lipinski definition) is 4. The van der Waals surface area contributed by atoms with Gasteiger partial charge in [-0.3, -0.25) is 9.59 Å². The first-order valence-electron chi connectivity index (χ1n) is 14.6. The summed E-state index contributed by atoms with van der Waals surface area (Å²) in [7, 11) is 0. The molecule has 5 nitrogen and oxygen atoms in total. The first kappa shape index (κ1) is 30.8. The maximum atomic E-state index is 13.6. The summed E-state index contributed by atoms with van der Waals surface area (Å²) >= 11 is 2.42. The molecule has 2 heterocycles. The predicted molar refractivity (Wildman–Crippen MR) is 173 cm³/mol. The summed E-state index contributed by atoms with van der Waals surface area (Å²) in [6, 6.07) is 24.0. The highest BCUT2D eigenvalue weighted by Gasteiger charge is 2.30.